The molecular weight excluding hydrogens is 204 g/mol. The van der Waals surface area contributed by atoms with Crippen molar-refractivity contribution >= 4 is 5.91 Å². The van der Waals surface area contributed by atoms with E-state index in [1.807, 2.05) is 34.6 Å². The number of carbonyl (C=O) groups excluding carboxylic acids is 1. The van der Waals surface area contributed by atoms with Gasteiger partial charge in [-0.1, -0.05) is 34.6 Å². The molecule has 0 spiro atoms. The third-order valence-corrected chi connectivity index (χ3v) is 3.26. The average molecular weight is 230 g/mol. The largest absolute Gasteiger partial charge is 0.394 e. The Hall–Kier alpha value is -0.610. The second kappa shape index (κ2) is 5.64. The number of nitrogens with two attached hydrogens (primary N) is 1. The Labute approximate surface area is 98.6 Å². The fourth-order valence-electron chi connectivity index (χ4n) is 1.42. The Balaban J connectivity index is 4.65. The highest BCUT2D eigenvalue weighted by molar-refractivity contribution is 5.83. The minimum absolute atomic E-state index is 0.0530. The van der Waals surface area contributed by atoms with Crippen molar-refractivity contribution in [2.45, 2.75) is 59.0 Å². The van der Waals surface area contributed by atoms with Gasteiger partial charge in [0.15, 0.2) is 0 Å². The molecule has 0 saturated heterocycles. The van der Waals surface area contributed by atoms with E-state index in [-0.39, 0.29) is 17.9 Å². The summed E-state index contributed by atoms with van der Waals surface area (Å²) in [6.45, 7) is 9.62. The summed E-state index contributed by atoms with van der Waals surface area (Å²) in [4.78, 5) is 11.9. The number of carbonyl (C=O) groups is 1. The van der Waals surface area contributed by atoms with E-state index in [9.17, 15) is 9.90 Å². The molecule has 0 aromatic heterocycles. The van der Waals surface area contributed by atoms with Gasteiger partial charge in [-0.3, -0.25) is 4.79 Å². The first-order chi connectivity index (χ1) is 7.22. The van der Waals surface area contributed by atoms with Crippen molar-refractivity contribution in [1.82, 2.24) is 5.32 Å². The lowest BCUT2D eigenvalue weighted by atomic mass is 9.85. The fraction of sp³-hybridized carbons (Fsp3) is 0.917. The van der Waals surface area contributed by atoms with Gasteiger partial charge in [0.2, 0.25) is 5.91 Å². The highest BCUT2D eigenvalue weighted by Gasteiger charge is 2.33. The van der Waals surface area contributed by atoms with Crippen LogP contribution in [-0.2, 0) is 4.79 Å². The van der Waals surface area contributed by atoms with Gasteiger partial charge < -0.3 is 16.2 Å². The van der Waals surface area contributed by atoms with Gasteiger partial charge in [0.05, 0.1) is 18.2 Å². The molecule has 4 heteroatoms. The van der Waals surface area contributed by atoms with Gasteiger partial charge in [-0.05, 0) is 18.3 Å². The van der Waals surface area contributed by atoms with Gasteiger partial charge in [0.25, 0.3) is 0 Å². The molecular formula is C12H26N2O2. The Morgan fingerprint density at radius 3 is 2.00 bits per heavy atom. The summed E-state index contributed by atoms with van der Waals surface area (Å²) in [5.74, 6) is -0.190. The zero-order valence-corrected chi connectivity index (χ0v) is 11.1. The first kappa shape index (κ1) is 15.4. The van der Waals surface area contributed by atoms with E-state index in [2.05, 4.69) is 5.32 Å². The number of aliphatic hydroxyl groups is 1. The molecule has 0 aliphatic rings. The Bertz CT molecular complexity index is 221. The molecule has 0 unspecified atom stereocenters. The van der Waals surface area contributed by atoms with Crippen LogP contribution in [-0.4, -0.2) is 29.2 Å². The third-order valence-electron chi connectivity index (χ3n) is 3.26. The predicted molar refractivity (Wildman–Crippen MR) is 66.0 cm³/mol. The second-order valence-electron chi connectivity index (χ2n) is 5.48. The number of hydrogen-bond donors (Lipinski definition) is 3. The van der Waals surface area contributed by atoms with Crippen LogP contribution in [0.3, 0.4) is 0 Å². The Morgan fingerprint density at radius 1 is 1.31 bits per heavy atom. The van der Waals surface area contributed by atoms with Gasteiger partial charge in [-0.25, -0.2) is 0 Å². The van der Waals surface area contributed by atoms with E-state index < -0.39 is 11.6 Å². The standard InChI is InChI=1S/C12H26N2O2/c1-6-12(7-2,8-15)14-10(16)9(13)11(3,4)5/h9,15H,6-8,13H2,1-5H3,(H,14,16)/t9-/m0/s1. The van der Waals surface area contributed by atoms with Crippen molar-refractivity contribution < 1.29 is 9.90 Å². The summed E-state index contributed by atoms with van der Waals surface area (Å²) in [6, 6.07) is -0.559. The van der Waals surface area contributed by atoms with E-state index in [1.54, 1.807) is 0 Å². The average Bonchev–Trinajstić information content (AvgIpc) is 2.23. The fourth-order valence-corrected chi connectivity index (χ4v) is 1.42. The molecule has 4 N–H and O–H groups in total. The first-order valence-electron chi connectivity index (χ1n) is 5.91. The lowest BCUT2D eigenvalue weighted by Gasteiger charge is -2.34. The minimum Gasteiger partial charge on any atom is -0.394 e. The molecule has 0 aliphatic carbocycles. The molecule has 0 aromatic rings. The monoisotopic (exact) mass is 230 g/mol. The number of nitrogens with one attached hydrogen (secondary N) is 1. The molecule has 0 bridgehead atoms. The van der Waals surface area contributed by atoms with Gasteiger partial charge in [0, 0.05) is 0 Å². The quantitative estimate of drug-likeness (QED) is 0.660. The third kappa shape index (κ3) is 3.76. The van der Waals surface area contributed by atoms with Crippen LogP contribution in [0.2, 0.25) is 0 Å². The molecule has 0 fully saturated rings. The molecule has 0 rings (SSSR count). The zero-order chi connectivity index (χ0) is 13.0. The molecule has 16 heavy (non-hydrogen) atoms. The number of amides is 1. The van der Waals surface area contributed by atoms with Crippen LogP contribution in [0.4, 0.5) is 0 Å². The van der Waals surface area contributed by atoms with Crippen LogP contribution < -0.4 is 11.1 Å². The predicted octanol–water partition coefficient (Wildman–Crippen LogP) is 1.03. The van der Waals surface area contributed by atoms with E-state index in [0.29, 0.717) is 12.8 Å². The summed E-state index contributed by atoms with van der Waals surface area (Å²) in [5.41, 5.74) is 5.07. The maximum Gasteiger partial charge on any atom is 0.237 e. The first-order valence-corrected chi connectivity index (χ1v) is 5.91. The van der Waals surface area contributed by atoms with Crippen LogP contribution in [0.5, 0.6) is 0 Å². The van der Waals surface area contributed by atoms with Crippen LogP contribution in [0.1, 0.15) is 47.5 Å². The summed E-state index contributed by atoms with van der Waals surface area (Å²) in [7, 11) is 0. The molecule has 0 radical (unpaired) electrons. The Kier molecular flexibility index (Phi) is 5.42. The maximum atomic E-state index is 11.9. The summed E-state index contributed by atoms with van der Waals surface area (Å²) < 4.78 is 0. The molecule has 96 valence electrons. The van der Waals surface area contributed by atoms with Gasteiger partial charge in [0.1, 0.15) is 0 Å². The van der Waals surface area contributed by atoms with Crippen LogP contribution in [0.25, 0.3) is 0 Å². The van der Waals surface area contributed by atoms with Crippen LogP contribution in [0, 0.1) is 5.41 Å². The number of aliphatic hydroxyl groups excluding tert-OH is 1. The summed E-state index contributed by atoms with van der Waals surface area (Å²) in [5, 5.41) is 12.2. The SMILES string of the molecule is CCC(CC)(CO)NC(=O)[C@H](N)C(C)(C)C. The smallest absolute Gasteiger partial charge is 0.237 e. The topological polar surface area (TPSA) is 75.3 Å². The zero-order valence-electron chi connectivity index (χ0n) is 11.1. The molecule has 0 aromatic carbocycles. The van der Waals surface area contributed by atoms with Gasteiger partial charge >= 0.3 is 0 Å². The van der Waals surface area contributed by atoms with E-state index in [0.717, 1.165) is 0 Å². The molecule has 0 aliphatic heterocycles. The number of hydrogen-bond acceptors (Lipinski definition) is 3. The Morgan fingerprint density at radius 2 is 1.75 bits per heavy atom. The highest BCUT2D eigenvalue weighted by atomic mass is 16.3. The highest BCUT2D eigenvalue weighted by Crippen LogP contribution is 2.20. The minimum atomic E-state index is -0.559. The van der Waals surface area contributed by atoms with Crippen molar-refractivity contribution in [2.24, 2.45) is 11.1 Å². The van der Waals surface area contributed by atoms with Gasteiger partial charge in [-0.15, -0.1) is 0 Å². The van der Waals surface area contributed by atoms with Crippen molar-refractivity contribution in [3.05, 3.63) is 0 Å². The summed E-state index contributed by atoms with van der Waals surface area (Å²) >= 11 is 0. The van der Waals surface area contributed by atoms with Crippen LogP contribution >= 0.6 is 0 Å². The maximum absolute atomic E-state index is 11.9. The van der Waals surface area contributed by atoms with E-state index >= 15 is 0 Å². The molecule has 0 heterocycles. The van der Waals surface area contributed by atoms with E-state index in [1.165, 1.54) is 0 Å². The van der Waals surface area contributed by atoms with Crippen molar-refractivity contribution in [3.63, 3.8) is 0 Å². The van der Waals surface area contributed by atoms with E-state index in [4.69, 9.17) is 5.73 Å². The summed E-state index contributed by atoms with van der Waals surface area (Å²) in [6.07, 6.45) is 1.39. The normalized spacial score (nSPS) is 14.7. The lowest BCUT2D eigenvalue weighted by molar-refractivity contribution is -0.127. The molecule has 0 saturated carbocycles. The molecule has 1 amide bonds. The lowest BCUT2D eigenvalue weighted by Crippen LogP contribution is -2.58. The van der Waals surface area contributed by atoms with Crippen LogP contribution in [0.15, 0.2) is 0 Å². The van der Waals surface area contributed by atoms with Crippen molar-refractivity contribution in [1.29, 1.82) is 0 Å². The van der Waals surface area contributed by atoms with Crippen molar-refractivity contribution in [2.75, 3.05) is 6.61 Å². The molecule has 1 atom stereocenters. The van der Waals surface area contributed by atoms with Gasteiger partial charge in [-0.2, -0.15) is 0 Å². The van der Waals surface area contributed by atoms with Crippen molar-refractivity contribution in [3.8, 4) is 0 Å². The number of rotatable bonds is 5. The second-order valence-corrected chi connectivity index (χ2v) is 5.48. The molecule has 4 nitrogen and oxygen atoms in total.